The number of rotatable bonds is 6. The minimum atomic E-state index is -0.464. The first-order chi connectivity index (χ1) is 18.4. The molecule has 1 fully saturated rings. The van der Waals surface area contributed by atoms with Crippen LogP contribution in [0.4, 0.5) is 22.9 Å². The number of hydrogen-bond donors (Lipinski definition) is 1. The number of imide groups is 1. The number of benzene rings is 2. The van der Waals surface area contributed by atoms with Crippen LogP contribution in [0.1, 0.15) is 30.9 Å². The van der Waals surface area contributed by atoms with Crippen molar-refractivity contribution in [2.45, 2.75) is 25.8 Å². The highest BCUT2D eigenvalue weighted by molar-refractivity contribution is 6.43. The van der Waals surface area contributed by atoms with Gasteiger partial charge < -0.3 is 15.1 Å². The third kappa shape index (κ3) is 4.80. The maximum Gasteiger partial charge on any atom is 0.267 e. The largest absolute Gasteiger partial charge is 0.357 e. The summed E-state index contributed by atoms with van der Waals surface area (Å²) >= 11 is 0. The molecule has 9 heteroatoms. The number of nitroso groups, excluding NO2 is 1. The van der Waals surface area contributed by atoms with E-state index >= 15 is 0 Å². The Bertz CT molecular complexity index is 1400. The van der Waals surface area contributed by atoms with E-state index in [1.54, 1.807) is 18.3 Å². The highest BCUT2D eigenvalue weighted by Crippen LogP contribution is 2.43. The molecule has 38 heavy (non-hydrogen) atoms. The number of nitrogens with zero attached hydrogens (tertiary/aromatic N) is 5. The van der Waals surface area contributed by atoms with Gasteiger partial charge in [0, 0.05) is 25.6 Å². The number of fused-ring (bicyclic) bond motifs is 1. The average molecular weight is 511 g/mol. The molecular weight excluding hydrogens is 480 g/mol. The molecule has 0 saturated carbocycles. The van der Waals surface area contributed by atoms with Gasteiger partial charge in [-0.1, -0.05) is 30.3 Å². The van der Waals surface area contributed by atoms with E-state index in [1.807, 2.05) is 42.5 Å². The number of aromatic nitrogens is 1. The number of likely N-dealkylation sites (tertiary alicyclic amines) is 1. The molecule has 9 nitrogen and oxygen atoms in total. The quantitative estimate of drug-likeness (QED) is 0.373. The van der Waals surface area contributed by atoms with Gasteiger partial charge in [0.15, 0.2) is 0 Å². The molecule has 1 aromatic heterocycles. The molecule has 5 rings (SSSR count). The van der Waals surface area contributed by atoms with Crippen LogP contribution >= 0.6 is 0 Å². The highest BCUT2D eigenvalue weighted by atomic mass is 16.3. The Balaban J connectivity index is 1.53. The fourth-order valence-electron chi connectivity index (χ4n) is 5.13. The van der Waals surface area contributed by atoms with Crippen molar-refractivity contribution in [3.8, 4) is 0 Å². The van der Waals surface area contributed by atoms with Crippen molar-refractivity contribution < 1.29 is 9.59 Å². The maximum absolute atomic E-state index is 13.6. The van der Waals surface area contributed by atoms with Crippen LogP contribution in [0.25, 0.3) is 11.3 Å². The van der Waals surface area contributed by atoms with Gasteiger partial charge in [-0.25, -0.2) is 9.88 Å². The molecule has 2 amide bonds. The highest BCUT2D eigenvalue weighted by Gasteiger charge is 2.38. The van der Waals surface area contributed by atoms with Gasteiger partial charge in [0.25, 0.3) is 5.91 Å². The standard InChI is InChI=1S/C29H30N6O3/c1-19(36)35-25-17-21(32-38)9-11-24(25)27(29(35)37)28(20-7-5-4-6-8-20)31-22-10-12-26(30-18-22)34(3)23-13-15-33(2)16-14-23/h4-12,17-18,23,31H,13-16H2,1-3H3/b28-27-. The minimum absolute atomic E-state index is 0.145. The number of carbonyl (C=O) groups is 2. The van der Waals surface area contributed by atoms with Crippen molar-refractivity contribution in [2.24, 2.45) is 5.18 Å². The van der Waals surface area contributed by atoms with Gasteiger partial charge in [0.05, 0.1) is 28.8 Å². The summed E-state index contributed by atoms with van der Waals surface area (Å²) in [6.07, 6.45) is 3.94. The van der Waals surface area contributed by atoms with Gasteiger partial charge in [-0.15, -0.1) is 4.91 Å². The summed E-state index contributed by atoms with van der Waals surface area (Å²) in [6.45, 7) is 3.46. The third-order valence-corrected chi connectivity index (χ3v) is 7.26. The van der Waals surface area contributed by atoms with Crippen LogP contribution in [0, 0.1) is 4.91 Å². The molecule has 1 saturated heterocycles. The van der Waals surface area contributed by atoms with Crippen molar-refractivity contribution in [2.75, 3.05) is 42.3 Å². The molecule has 3 aromatic rings. The number of nitrogens with one attached hydrogen (secondary N) is 1. The van der Waals surface area contributed by atoms with Crippen LogP contribution in [-0.2, 0) is 9.59 Å². The van der Waals surface area contributed by atoms with Crippen molar-refractivity contribution in [1.29, 1.82) is 0 Å². The van der Waals surface area contributed by atoms with Gasteiger partial charge in [0.1, 0.15) is 11.5 Å². The lowest BCUT2D eigenvalue weighted by molar-refractivity contribution is -0.122. The zero-order valence-corrected chi connectivity index (χ0v) is 21.7. The summed E-state index contributed by atoms with van der Waals surface area (Å²) in [7, 11) is 4.23. The van der Waals surface area contributed by atoms with Crippen molar-refractivity contribution in [1.82, 2.24) is 9.88 Å². The second kappa shape index (κ2) is 10.5. The van der Waals surface area contributed by atoms with Crippen LogP contribution in [-0.4, -0.2) is 54.9 Å². The van der Waals surface area contributed by atoms with E-state index < -0.39 is 11.8 Å². The monoisotopic (exact) mass is 510 g/mol. The van der Waals surface area contributed by atoms with Crippen molar-refractivity contribution >= 4 is 46.0 Å². The molecule has 0 bridgehead atoms. The summed E-state index contributed by atoms with van der Waals surface area (Å²) in [6, 6.07) is 18.5. The van der Waals surface area contributed by atoms with Crippen LogP contribution in [0.2, 0.25) is 0 Å². The Hall–Kier alpha value is -4.37. The zero-order valence-electron chi connectivity index (χ0n) is 21.7. The zero-order chi connectivity index (χ0) is 26.8. The van der Waals surface area contributed by atoms with Gasteiger partial charge in [-0.2, -0.15) is 0 Å². The first-order valence-corrected chi connectivity index (χ1v) is 12.6. The van der Waals surface area contributed by atoms with Crippen LogP contribution < -0.4 is 15.1 Å². The van der Waals surface area contributed by atoms with Gasteiger partial charge in [-0.05, 0) is 74.1 Å². The summed E-state index contributed by atoms with van der Waals surface area (Å²) < 4.78 is 0. The average Bonchev–Trinajstić information content (AvgIpc) is 3.23. The summed E-state index contributed by atoms with van der Waals surface area (Å²) in [5.41, 5.74) is 3.41. The molecule has 0 atom stereocenters. The number of piperidine rings is 1. The van der Waals surface area contributed by atoms with E-state index in [-0.39, 0.29) is 5.69 Å². The lowest BCUT2D eigenvalue weighted by Crippen LogP contribution is -2.42. The lowest BCUT2D eigenvalue weighted by Gasteiger charge is -2.35. The van der Waals surface area contributed by atoms with E-state index in [1.165, 1.54) is 13.0 Å². The Morgan fingerprint density at radius 1 is 1.08 bits per heavy atom. The van der Waals surface area contributed by atoms with E-state index in [0.29, 0.717) is 34.3 Å². The van der Waals surface area contributed by atoms with E-state index in [4.69, 9.17) is 4.98 Å². The Morgan fingerprint density at radius 2 is 1.82 bits per heavy atom. The molecule has 2 aliphatic rings. The van der Waals surface area contributed by atoms with Gasteiger partial charge in [-0.3, -0.25) is 9.59 Å². The summed E-state index contributed by atoms with van der Waals surface area (Å²) in [4.78, 5) is 47.6. The number of carbonyl (C=O) groups excluding carboxylic acids is 2. The summed E-state index contributed by atoms with van der Waals surface area (Å²) in [5.74, 6) is -0.0175. The summed E-state index contributed by atoms with van der Waals surface area (Å²) in [5, 5.41) is 6.37. The molecular formula is C29H30N6O3. The van der Waals surface area contributed by atoms with Gasteiger partial charge >= 0.3 is 0 Å². The molecule has 0 unspecified atom stereocenters. The smallest absolute Gasteiger partial charge is 0.267 e. The molecule has 3 heterocycles. The second-order valence-electron chi connectivity index (χ2n) is 9.74. The van der Waals surface area contributed by atoms with E-state index in [0.717, 1.165) is 42.2 Å². The maximum atomic E-state index is 13.6. The fraction of sp³-hybridized carbons (Fsp3) is 0.276. The Morgan fingerprint density at radius 3 is 2.45 bits per heavy atom. The van der Waals surface area contributed by atoms with Crippen LogP contribution in [0.15, 0.2) is 72.0 Å². The Labute approximate surface area is 221 Å². The molecule has 1 N–H and O–H groups in total. The number of anilines is 3. The second-order valence-corrected chi connectivity index (χ2v) is 9.74. The van der Waals surface area contributed by atoms with Crippen LogP contribution in [0.3, 0.4) is 0 Å². The van der Waals surface area contributed by atoms with Crippen LogP contribution in [0.5, 0.6) is 0 Å². The van der Waals surface area contributed by atoms with Crippen molar-refractivity contribution in [3.05, 3.63) is 82.9 Å². The van der Waals surface area contributed by atoms with Gasteiger partial charge in [0.2, 0.25) is 5.91 Å². The predicted octanol–water partition coefficient (Wildman–Crippen LogP) is 4.88. The SMILES string of the molecule is CC(=O)N1C(=O)/C(=C(\Nc2ccc(N(C)C3CCN(C)CC3)nc2)c2ccccc2)c2ccc(N=O)cc21. The Kier molecular flexibility index (Phi) is 7.02. The fourth-order valence-corrected chi connectivity index (χ4v) is 5.13. The molecule has 2 aliphatic heterocycles. The predicted molar refractivity (Wildman–Crippen MR) is 150 cm³/mol. The minimum Gasteiger partial charge on any atom is -0.357 e. The first-order valence-electron chi connectivity index (χ1n) is 12.6. The van der Waals surface area contributed by atoms with E-state index in [9.17, 15) is 14.5 Å². The van der Waals surface area contributed by atoms with Crippen molar-refractivity contribution in [3.63, 3.8) is 0 Å². The normalized spacial score (nSPS) is 17.2. The topological polar surface area (TPSA) is 98.2 Å². The lowest BCUT2D eigenvalue weighted by atomic mass is 10.00. The number of amides is 2. The first kappa shape index (κ1) is 25.3. The molecule has 2 aromatic carbocycles. The molecule has 194 valence electrons. The molecule has 0 radical (unpaired) electrons. The molecule has 0 aliphatic carbocycles. The number of hydrogen-bond acceptors (Lipinski definition) is 8. The third-order valence-electron chi connectivity index (χ3n) is 7.26. The molecule has 0 spiro atoms. The van der Waals surface area contributed by atoms with E-state index in [2.05, 4.69) is 34.4 Å². The number of pyridine rings is 1.